The molecule has 32 heavy (non-hydrogen) atoms. The highest BCUT2D eigenvalue weighted by atomic mass is 35.5. The van der Waals surface area contributed by atoms with Crippen LogP contribution in [0.2, 0.25) is 5.02 Å². The summed E-state index contributed by atoms with van der Waals surface area (Å²) in [5.41, 5.74) is 3.89. The maximum absolute atomic E-state index is 6.53. The molecule has 6 aromatic carbocycles. The van der Waals surface area contributed by atoms with E-state index in [1.165, 1.54) is 32.3 Å². The van der Waals surface area contributed by atoms with E-state index in [2.05, 4.69) is 78.9 Å². The maximum atomic E-state index is 6.53. The average molecular weight is 429 g/mol. The van der Waals surface area contributed by atoms with Gasteiger partial charge in [-0.1, -0.05) is 96.5 Å². The number of hydrogen-bond acceptors (Lipinski definition) is 1. The number of rotatable bonds is 1. The van der Waals surface area contributed by atoms with Crippen LogP contribution in [-0.2, 0) is 0 Å². The van der Waals surface area contributed by atoms with Gasteiger partial charge < -0.3 is 4.42 Å². The molecule has 0 fully saturated rings. The van der Waals surface area contributed by atoms with Crippen LogP contribution >= 0.6 is 11.6 Å². The second kappa shape index (κ2) is 6.59. The van der Waals surface area contributed by atoms with Crippen molar-refractivity contribution in [2.45, 2.75) is 0 Å². The van der Waals surface area contributed by atoms with Gasteiger partial charge in [0, 0.05) is 10.8 Å². The maximum Gasteiger partial charge on any atom is 0.154 e. The van der Waals surface area contributed by atoms with Gasteiger partial charge in [-0.3, -0.25) is 0 Å². The van der Waals surface area contributed by atoms with Crippen molar-refractivity contribution >= 4 is 65.9 Å². The lowest BCUT2D eigenvalue weighted by atomic mass is 9.91. The first-order valence-electron chi connectivity index (χ1n) is 10.7. The van der Waals surface area contributed by atoms with E-state index in [9.17, 15) is 0 Å². The Bertz CT molecular complexity index is 1810. The van der Waals surface area contributed by atoms with Crippen LogP contribution in [0, 0.1) is 0 Å². The summed E-state index contributed by atoms with van der Waals surface area (Å²) in [5.74, 6) is 0. The highest BCUT2D eigenvalue weighted by molar-refractivity contribution is 6.36. The SMILES string of the molecule is Clc1ccc(-c2ccc3c4ccccc4c4ccccc4c3c2)c2c1oc1ccccc12. The lowest BCUT2D eigenvalue weighted by Gasteiger charge is -2.12. The van der Waals surface area contributed by atoms with Crippen LogP contribution in [-0.4, -0.2) is 0 Å². The smallest absolute Gasteiger partial charge is 0.154 e. The van der Waals surface area contributed by atoms with Crippen LogP contribution < -0.4 is 0 Å². The normalized spacial score (nSPS) is 11.9. The second-order valence-corrected chi connectivity index (χ2v) is 8.66. The van der Waals surface area contributed by atoms with E-state index < -0.39 is 0 Å². The molecule has 1 nitrogen and oxygen atoms in total. The van der Waals surface area contributed by atoms with Gasteiger partial charge in [-0.15, -0.1) is 0 Å². The molecule has 150 valence electrons. The molecule has 0 bridgehead atoms. The molecule has 0 aliphatic heterocycles. The van der Waals surface area contributed by atoms with Gasteiger partial charge in [0.2, 0.25) is 0 Å². The molecule has 0 unspecified atom stereocenters. The first kappa shape index (κ1) is 17.8. The van der Waals surface area contributed by atoms with Gasteiger partial charge in [-0.2, -0.15) is 0 Å². The van der Waals surface area contributed by atoms with Crippen molar-refractivity contribution in [1.82, 2.24) is 0 Å². The van der Waals surface area contributed by atoms with Crippen LogP contribution in [0.25, 0.3) is 65.4 Å². The Morgan fingerprint density at radius 1 is 0.500 bits per heavy atom. The van der Waals surface area contributed by atoms with Gasteiger partial charge in [0.05, 0.1) is 5.02 Å². The van der Waals surface area contributed by atoms with Crippen molar-refractivity contribution in [2.24, 2.45) is 0 Å². The fourth-order valence-corrected chi connectivity index (χ4v) is 5.31. The van der Waals surface area contributed by atoms with E-state index in [-0.39, 0.29) is 0 Å². The van der Waals surface area contributed by atoms with Gasteiger partial charge in [-0.05, 0) is 61.6 Å². The van der Waals surface area contributed by atoms with Crippen molar-refractivity contribution in [2.75, 3.05) is 0 Å². The molecule has 0 amide bonds. The molecule has 1 heterocycles. The predicted octanol–water partition coefficient (Wildman–Crippen LogP) is 9.37. The number of hydrogen-bond donors (Lipinski definition) is 0. The van der Waals surface area contributed by atoms with Crippen molar-refractivity contribution < 1.29 is 4.42 Å². The first-order chi connectivity index (χ1) is 15.8. The third kappa shape index (κ3) is 2.40. The molecule has 1 aromatic heterocycles. The summed E-state index contributed by atoms with van der Waals surface area (Å²) in [6.45, 7) is 0. The quantitative estimate of drug-likeness (QED) is 0.237. The zero-order valence-electron chi connectivity index (χ0n) is 17.1. The van der Waals surface area contributed by atoms with Crippen LogP contribution in [0.1, 0.15) is 0 Å². The van der Waals surface area contributed by atoms with Crippen molar-refractivity contribution in [3.05, 3.63) is 108 Å². The lowest BCUT2D eigenvalue weighted by molar-refractivity contribution is 0.669. The van der Waals surface area contributed by atoms with E-state index in [4.69, 9.17) is 16.0 Å². The number of furan rings is 1. The monoisotopic (exact) mass is 428 g/mol. The minimum absolute atomic E-state index is 0.636. The van der Waals surface area contributed by atoms with Crippen LogP contribution in [0.15, 0.2) is 108 Å². The average Bonchev–Trinajstić information content (AvgIpc) is 3.25. The summed E-state index contributed by atoms with van der Waals surface area (Å²) in [6, 6.07) is 36.3. The first-order valence-corrected chi connectivity index (χ1v) is 11.1. The minimum Gasteiger partial charge on any atom is -0.454 e. The third-order valence-corrected chi connectivity index (χ3v) is 6.83. The Morgan fingerprint density at radius 2 is 1.06 bits per heavy atom. The van der Waals surface area contributed by atoms with Gasteiger partial charge in [0.15, 0.2) is 5.58 Å². The summed E-state index contributed by atoms with van der Waals surface area (Å²) in [4.78, 5) is 0. The molecular formula is C30H17ClO. The molecule has 0 spiro atoms. The highest BCUT2D eigenvalue weighted by Gasteiger charge is 2.16. The molecule has 0 saturated carbocycles. The Kier molecular flexibility index (Phi) is 3.67. The summed E-state index contributed by atoms with van der Waals surface area (Å²) >= 11 is 6.53. The largest absolute Gasteiger partial charge is 0.454 e. The van der Waals surface area contributed by atoms with Gasteiger partial charge in [0.1, 0.15) is 5.58 Å². The van der Waals surface area contributed by atoms with Crippen LogP contribution in [0.4, 0.5) is 0 Å². The molecule has 0 N–H and O–H groups in total. The fraction of sp³-hybridized carbons (Fsp3) is 0. The second-order valence-electron chi connectivity index (χ2n) is 8.25. The van der Waals surface area contributed by atoms with Gasteiger partial charge in [0.25, 0.3) is 0 Å². The van der Waals surface area contributed by atoms with Gasteiger partial charge in [-0.25, -0.2) is 0 Å². The Morgan fingerprint density at radius 3 is 1.75 bits per heavy atom. The van der Waals surface area contributed by atoms with E-state index in [0.29, 0.717) is 5.02 Å². The Labute approximate surface area is 189 Å². The minimum atomic E-state index is 0.636. The fourth-order valence-electron chi connectivity index (χ4n) is 5.11. The number of fused-ring (bicyclic) bond motifs is 9. The van der Waals surface area contributed by atoms with Crippen molar-refractivity contribution in [1.29, 1.82) is 0 Å². The van der Waals surface area contributed by atoms with Crippen molar-refractivity contribution in [3.63, 3.8) is 0 Å². The molecular weight excluding hydrogens is 412 g/mol. The molecule has 2 heteroatoms. The Balaban J connectivity index is 1.63. The van der Waals surface area contributed by atoms with Gasteiger partial charge >= 0.3 is 0 Å². The molecule has 7 aromatic rings. The predicted molar refractivity (Wildman–Crippen MR) is 137 cm³/mol. The topological polar surface area (TPSA) is 13.1 Å². The number of halogens is 1. The zero-order valence-corrected chi connectivity index (χ0v) is 17.9. The van der Waals surface area contributed by atoms with E-state index in [0.717, 1.165) is 33.1 Å². The number of para-hydroxylation sites is 1. The molecule has 0 aliphatic rings. The standard InChI is InChI=1S/C30H17ClO/c31-27-16-15-19(29-25-11-5-6-12-28(25)32-30(27)29)18-13-14-24-22-9-2-1-7-20(22)21-8-3-4-10-23(21)26(24)17-18/h1-17H. The lowest BCUT2D eigenvalue weighted by Crippen LogP contribution is -1.85. The highest BCUT2D eigenvalue weighted by Crippen LogP contribution is 2.42. The van der Waals surface area contributed by atoms with Crippen LogP contribution in [0.3, 0.4) is 0 Å². The molecule has 0 radical (unpaired) electrons. The molecule has 0 atom stereocenters. The molecule has 0 saturated heterocycles. The zero-order chi connectivity index (χ0) is 21.2. The van der Waals surface area contributed by atoms with Crippen LogP contribution in [0.5, 0.6) is 0 Å². The van der Waals surface area contributed by atoms with E-state index >= 15 is 0 Å². The summed E-state index contributed by atoms with van der Waals surface area (Å²) in [6.07, 6.45) is 0. The third-order valence-electron chi connectivity index (χ3n) is 6.53. The van der Waals surface area contributed by atoms with E-state index in [1.54, 1.807) is 0 Å². The molecule has 7 rings (SSSR count). The summed E-state index contributed by atoms with van der Waals surface area (Å²) < 4.78 is 6.13. The Hall–Kier alpha value is -3.81. The number of benzene rings is 6. The van der Waals surface area contributed by atoms with E-state index in [1.807, 2.05) is 24.3 Å². The summed E-state index contributed by atoms with van der Waals surface area (Å²) in [5, 5.41) is 10.4. The van der Waals surface area contributed by atoms with Crippen molar-refractivity contribution in [3.8, 4) is 11.1 Å². The summed E-state index contributed by atoms with van der Waals surface area (Å²) in [7, 11) is 0. The molecule has 0 aliphatic carbocycles.